The summed E-state index contributed by atoms with van der Waals surface area (Å²) in [6.07, 6.45) is 5.35. The number of carboxylic acid groups (broad SMARTS) is 3. The zero-order valence-corrected chi connectivity index (χ0v) is 38.6. The van der Waals surface area contributed by atoms with E-state index in [-0.39, 0.29) is 50.8 Å². The van der Waals surface area contributed by atoms with E-state index >= 15 is 0 Å². The Bertz CT molecular complexity index is 2950. The van der Waals surface area contributed by atoms with E-state index in [2.05, 4.69) is 15.3 Å². The van der Waals surface area contributed by atoms with Crippen molar-refractivity contribution in [3.05, 3.63) is 145 Å². The maximum Gasteiger partial charge on any atom is 0.407 e. The molecule has 356 valence electrons. The molecule has 18 nitrogen and oxygen atoms in total. The zero-order valence-electron chi connectivity index (χ0n) is 37.0. The Morgan fingerprint density at radius 2 is 1.13 bits per heavy atom. The summed E-state index contributed by atoms with van der Waals surface area (Å²) in [4.78, 5) is 39.3. The van der Waals surface area contributed by atoms with Crippen LogP contribution in [-0.2, 0) is 42.7 Å². The first kappa shape index (κ1) is 52.2. The molecule has 0 bridgehead atoms. The highest BCUT2D eigenvalue weighted by molar-refractivity contribution is 7.90. The third-order valence-electron chi connectivity index (χ3n) is 9.01. The number of pyridine rings is 2. The molecule has 0 unspecified atom stereocenters. The Morgan fingerprint density at radius 3 is 1.51 bits per heavy atom. The number of aromatic nitrogens is 4. The highest BCUT2D eigenvalue weighted by atomic mass is 32.2. The minimum atomic E-state index is -4.16. The number of carboxylic acids is 2. The van der Waals surface area contributed by atoms with Crippen LogP contribution in [0.5, 0.6) is 11.5 Å². The lowest BCUT2D eigenvalue weighted by Gasteiger charge is -2.27. The maximum atomic E-state index is 14.5. The van der Waals surface area contributed by atoms with Gasteiger partial charge < -0.3 is 35.0 Å². The van der Waals surface area contributed by atoms with E-state index in [1.165, 1.54) is 98.5 Å². The molecule has 4 heterocycles. The van der Waals surface area contributed by atoms with Crippen LogP contribution in [-0.4, -0.2) is 101 Å². The van der Waals surface area contributed by atoms with Gasteiger partial charge in [-0.25, -0.2) is 49.1 Å². The highest BCUT2D eigenvalue weighted by Gasteiger charge is 2.27. The molecule has 0 aliphatic rings. The number of amides is 1. The molecule has 2 aromatic carbocycles. The van der Waals surface area contributed by atoms with Crippen molar-refractivity contribution in [2.24, 2.45) is 5.41 Å². The van der Waals surface area contributed by atoms with Crippen LogP contribution in [0.25, 0.3) is 22.5 Å². The number of aliphatic carboxylic acids is 2. The van der Waals surface area contributed by atoms with Crippen molar-refractivity contribution in [3.8, 4) is 34.0 Å². The molecule has 1 amide bonds. The summed E-state index contributed by atoms with van der Waals surface area (Å²) < 4.78 is 94.4. The summed E-state index contributed by atoms with van der Waals surface area (Å²) in [6, 6.07) is 21.1. The summed E-state index contributed by atoms with van der Waals surface area (Å²) in [5.74, 6) is -3.32. The Hall–Kier alpha value is -7.43. The third kappa shape index (κ3) is 14.0. The lowest BCUT2D eigenvalue weighted by Crippen LogP contribution is -2.36. The lowest BCUT2D eigenvalue weighted by molar-refractivity contribution is -0.134. The smallest absolute Gasteiger partial charge is 0.407 e. The normalized spacial score (nSPS) is 11.5. The van der Waals surface area contributed by atoms with Gasteiger partial charge in [0, 0.05) is 62.2 Å². The molecule has 6 rings (SSSR count). The predicted octanol–water partition coefficient (Wildman–Crippen LogP) is 6.83. The summed E-state index contributed by atoms with van der Waals surface area (Å²) >= 11 is 0. The number of carbonyl (C=O) groups is 3. The second kappa shape index (κ2) is 22.7. The van der Waals surface area contributed by atoms with Gasteiger partial charge in [-0.15, -0.1) is 0 Å². The van der Waals surface area contributed by atoms with Crippen LogP contribution in [0.3, 0.4) is 0 Å². The van der Waals surface area contributed by atoms with Crippen LogP contribution in [0.1, 0.15) is 31.9 Å². The van der Waals surface area contributed by atoms with Gasteiger partial charge in [-0.1, -0.05) is 32.9 Å². The van der Waals surface area contributed by atoms with E-state index < -0.39 is 50.0 Å². The fraction of sp³-hybridized carbons (Fsp3) is 0.222. The van der Waals surface area contributed by atoms with Crippen LogP contribution >= 0.6 is 0 Å². The average molecular weight is 967 g/mol. The molecule has 0 aliphatic carbocycles. The molecule has 0 saturated carbocycles. The number of ether oxygens (including phenoxy) is 2. The molecule has 4 N–H and O–H groups in total. The van der Waals surface area contributed by atoms with Gasteiger partial charge in [0.1, 0.15) is 11.5 Å². The maximum absolute atomic E-state index is 14.5. The fourth-order valence-corrected chi connectivity index (χ4v) is 9.06. The Labute approximate surface area is 385 Å². The number of benzene rings is 2. The van der Waals surface area contributed by atoms with Crippen LogP contribution in [0.15, 0.2) is 132 Å². The minimum absolute atomic E-state index is 0.0204. The van der Waals surface area contributed by atoms with Gasteiger partial charge in [-0.05, 0) is 84.3 Å². The molecule has 67 heavy (non-hydrogen) atoms. The van der Waals surface area contributed by atoms with Crippen molar-refractivity contribution >= 4 is 38.1 Å². The third-order valence-corrected chi connectivity index (χ3v) is 12.3. The molecule has 0 fully saturated rings. The quantitative estimate of drug-likeness (QED) is 0.0608. The van der Waals surface area contributed by atoms with Gasteiger partial charge >= 0.3 is 18.0 Å². The Morgan fingerprint density at radius 1 is 0.701 bits per heavy atom. The lowest BCUT2D eigenvalue weighted by atomic mass is 9.96. The predicted molar refractivity (Wildman–Crippen MR) is 241 cm³/mol. The average Bonchev–Trinajstić information content (AvgIpc) is 3.91. The summed E-state index contributed by atoms with van der Waals surface area (Å²) in [5.41, 5.74) is 1.13. The van der Waals surface area contributed by atoms with Gasteiger partial charge in [0.2, 0.25) is 11.9 Å². The van der Waals surface area contributed by atoms with E-state index in [0.717, 1.165) is 7.94 Å². The standard InChI is InChI=1S/C23H26FN3O5S.C18H18FN3O3S.C4H4O4/c1-23(2,3)15-26(22(28)29)13-16-11-20(19-9-6-10-25-21(19)24)27(14-16)33(30,31)18-8-5-7-17(12-18)32-4;1-20-11-13-9-17(16-7-4-8-21-18(16)19)22(12-13)26(23,24)15-6-3-5-14(10-15)25-2;5-3(6)1-2-4(7)8/h5-12,14H,13,15H2,1-4H3,(H,28,29);3-10,12,20H,11H2,1-2H3;1-2H,(H,5,6)(H,7,8). The van der Waals surface area contributed by atoms with E-state index in [1.54, 1.807) is 37.4 Å². The Kier molecular flexibility index (Phi) is 17.6. The zero-order chi connectivity index (χ0) is 49.7. The van der Waals surface area contributed by atoms with Crippen molar-refractivity contribution in [2.75, 3.05) is 27.8 Å². The molecular formula is C45H48F2N6O12S2. The van der Waals surface area contributed by atoms with Gasteiger partial charge in [0.25, 0.3) is 20.0 Å². The van der Waals surface area contributed by atoms with Crippen LogP contribution < -0.4 is 14.8 Å². The number of hydrogen-bond donors (Lipinski definition) is 4. The number of halogens is 2. The molecule has 0 saturated heterocycles. The second-order valence-corrected chi connectivity index (χ2v) is 19.0. The Balaban J connectivity index is 0.000000256. The molecule has 0 aliphatic heterocycles. The first-order valence-corrected chi connectivity index (χ1v) is 22.6. The van der Waals surface area contributed by atoms with Gasteiger partial charge in [0.05, 0.1) is 53.1 Å². The topological polar surface area (TPSA) is 250 Å². The number of nitrogens with one attached hydrogen (secondary N) is 1. The van der Waals surface area contributed by atoms with Gasteiger partial charge in [0.15, 0.2) is 0 Å². The number of methoxy groups -OCH3 is 2. The first-order valence-electron chi connectivity index (χ1n) is 19.7. The van der Waals surface area contributed by atoms with E-state index in [0.29, 0.717) is 41.3 Å². The largest absolute Gasteiger partial charge is 0.497 e. The van der Waals surface area contributed by atoms with E-state index in [9.17, 15) is 45.1 Å². The van der Waals surface area contributed by atoms with Crippen molar-refractivity contribution in [1.82, 2.24) is 28.1 Å². The van der Waals surface area contributed by atoms with Crippen LogP contribution in [0.2, 0.25) is 0 Å². The van der Waals surface area contributed by atoms with Crippen LogP contribution in [0.4, 0.5) is 13.6 Å². The van der Waals surface area contributed by atoms with Crippen LogP contribution in [0, 0.1) is 17.3 Å². The molecule has 0 spiro atoms. The van der Waals surface area contributed by atoms with Gasteiger partial charge in [-0.2, -0.15) is 8.78 Å². The molecule has 4 aromatic heterocycles. The van der Waals surface area contributed by atoms with Crippen molar-refractivity contribution in [1.29, 1.82) is 0 Å². The molecule has 0 atom stereocenters. The fourth-order valence-electron chi connectivity index (χ4n) is 6.20. The number of nitrogens with zero attached hydrogens (tertiary/aromatic N) is 5. The van der Waals surface area contributed by atoms with Gasteiger partial charge in [-0.3, -0.25) is 0 Å². The first-order chi connectivity index (χ1) is 31.5. The molecule has 6 aromatic rings. The van der Waals surface area contributed by atoms with Crippen molar-refractivity contribution in [2.45, 2.75) is 43.7 Å². The SMILES string of the molecule is CNCc1cc(-c2cccnc2F)n(S(=O)(=O)c2cccc(OC)c2)c1.COc1cccc(S(=O)(=O)n2cc(CN(CC(C)(C)C)C(=O)O)cc2-c2cccnc2F)c1.O=C(O)C=CC(=O)O. The minimum Gasteiger partial charge on any atom is -0.497 e. The summed E-state index contributed by atoms with van der Waals surface area (Å²) in [5, 5.41) is 28.2. The van der Waals surface area contributed by atoms with E-state index in [1.807, 2.05) is 20.8 Å². The van der Waals surface area contributed by atoms with Crippen molar-refractivity contribution < 1.29 is 64.8 Å². The number of rotatable bonds is 15. The summed E-state index contributed by atoms with van der Waals surface area (Å²) in [7, 11) is -3.48. The summed E-state index contributed by atoms with van der Waals surface area (Å²) in [6.45, 7) is 6.30. The molecule has 22 heteroatoms. The number of hydrogen-bond acceptors (Lipinski definition) is 12. The monoisotopic (exact) mass is 966 g/mol. The highest BCUT2D eigenvalue weighted by Crippen LogP contribution is 2.32. The second-order valence-electron chi connectivity index (χ2n) is 15.3. The molecule has 0 radical (unpaired) electrons. The molecular weight excluding hydrogens is 919 g/mol. The van der Waals surface area contributed by atoms with E-state index in [4.69, 9.17) is 19.7 Å². The van der Waals surface area contributed by atoms with Crippen molar-refractivity contribution in [3.63, 3.8) is 0 Å².